The second-order valence-corrected chi connectivity index (χ2v) is 8.65. The van der Waals surface area contributed by atoms with Gasteiger partial charge in [-0.1, -0.05) is 36.4 Å². The summed E-state index contributed by atoms with van der Waals surface area (Å²) in [5, 5.41) is 3.11. The highest BCUT2D eigenvalue weighted by Crippen LogP contribution is 2.31. The fraction of sp³-hybridized carbons (Fsp3) is 0.222. The lowest BCUT2D eigenvalue weighted by Crippen LogP contribution is -2.43. The number of carbonyl (C=O) groups excluding carboxylic acids is 2. The summed E-state index contributed by atoms with van der Waals surface area (Å²) < 4.78 is 15.1. The van der Waals surface area contributed by atoms with Gasteiger partial charge in [0.1, 0.15) is 23.0 Å². The number of piperidine rings is 1. The Balaban J connectivity index is 1.41. The molecule has 1 unspecified atom stereocenters. The van der Waals surface area contributed by atoms with Gasteiger partial charge in [-0.2, -0.15) is 0 Å². The fourth-order valence-corrected chi connectivity index (χ4v) is 4.49. The van der Waals surface area contributed by atoms with Crippen molar-refractivity contribution >= 4 is 23.3 Å². The molecule has 0 saturated carbocycles. The van der Waals surface area contributed by atoms with Crippen molar-refractivity contribution in [3.63, 3.8) is 0 Å². The van der Waals surface area contributed by atoms with Crippen molar-refractivity contribution in [2.45, 2.75) is 19.8 Å². The average Bonchev–Trinajstić information content (AvgIpc) is 3.24. The normalized spacial score (nSPS) is 15.9. The zero-order valence-electron chi connectivity index (χ0n) is 18.9. The molecule has 0 bridgehead atoms. The summed E-state index contributed by atoms with van der Waals surface area (Å²) in [6, 6.07) is 19.2. The lowest BCUT2D eigenvalue weighted by atomic mass is 9.96. The van der Waals surface area contributed by atoms with E-state index in [1.54, 1.807) is 4.90 Å². The van der Waals surface area contributed by atoms with Gasteiger partial charge in [-0.05, 0) is 55.7 Å². The second-order valence-electron chi connectivity index (χ2n) is 8.65. The number of anilines is 1. The van der Waals surface area contributed by atoms with Gasteiger partial charge in [0.25, 0.3) is 5.91 Å². The van der Waals surface area contributed by atoms with Crippen molar-refractivity contribution in [2.75, 3.05) is 18.4 Å². The summed E-state index contributed by atoms with van der Waals surface area (Å²) in [7, 11) is 0. The number of hydrogen-bond acceptors (Lipinski definition) is 3. The van der Waals surface area contributed by atoms with Crippen molar-refractivity contribution < 1.29 is 14.0 Å². The Morgan fingerprint density at radius 1 is 1.03 bits per heavy atom. The molecule has 1 saturated heterocycles. The van der Waals surface area contributed by atoms with Crippen LogP contribution in [0, 0.1) is 18.7 Å². The molecular formula is C27H25FN4O2. The van der Waals surface area contributed by atoms with Crippen LogP contribution in [0.5, 0.6) is 0 Å². The molecule has 0 spiro atoms. The molecule has 2 aromatic carbocycles. The molecule has 0 aliphatic carbocycles. The van der Waals surface area contributed by atoms with Crippen LogP contribution in [0.4, 0.5) is 10.2 Å². The van der Waals surface area contributed by atoms with Crippen molar-refractivity contribution in [1.29, 1.82) is 0 Å². The molecule has 2 amide bonds. The van der Waals surface area contributed by atoms with Gasteiger partial charge in [-0.3, -0.25) is 14.0 Å². The molecule has 7 heteroatoms. The number of likely N-dealkylation sites (tertiary alicyclic amines) is 1. The van der Waals surface area contributed by atoms with Crippen LogP contribution >= 0.6 is 0 Å². The van der Waals surface area contributed by atoms with Gasteiger partial charge in [0.15, 0.2) is 0 Å². The third-order valence-corrected chi connectivity index (χ3v) is 6.30. The summed E-state index contributed by atoms with van der Waals surface area (Å²) in [5.74, 6) is -0.441. The third-order valence-electron chi connectivity index (χ3n) is 6.30. The maximum absolute atomic E-state index is 13.4. The predicted octanol–water partition coefficient (Wildman–Crippen LogP) is 4.94. The van der Waals surface area contributed by atoms with Crippen LogP contribution in [0.3, 0.4) is 0 Å². The lowest BCUT2D eigenvalue weighted by molar-refractivity contribution is -0.121. The molecular weight excluding hydrogens is 431 g/mol. The average molecular weight is 457 g/mol. The van der Waals surface area contributed by atoms with Crippen molar-refractivity contribution in [3.05, 3.63) is 89.9 Å². The SMILES string of the molecule is Cc1cccn2c(NC(=O)C3CCCN(C(=O)c4ccc(F)cc4)C3)c(-c3ccccc3)nc12. The summed E-state index contributed by atoms with van der Waals surface area (Å²) in [5.41, 5.74) is 3.84. The zero-order chi connectivity index (χ0) is 23.7. The van der Waals surface area contributed by atoms with E-state index in [1.807, 2.05) is 60.0 Å². The number of fused-ring (bicyclic) bond motifs is 1. The minimum absolute atomic E-state index is 0.142. The monoisotopic (exact) mass is 456 g/mol. The summed E-state index contributed by atoms with van der Waals surface area (Å²) in [6.07, 6.45) is 3.31. The van der Waals surface area contributed by atoms with E-state index in [2.05, 4.69) is 5.32 Å². The number of aryl methyl sites for hydroxylation is 1. The first kappa shape index (κ1) is 21.8. The maximum Gasteiger partial charge on any atom is 0.253 e. The molecule has 6 nitrogen and oxygen atoms in total. The first-order valence-electron chi connectivity index (χ1n) is 11.4. The third kappa shape index (κ3) is 4.17. The Morgan fingerprint density at radius 3 is 2.56 bits per heavy atom. The molecule has 1 aliphatic rings. The van der Waals surface area contributed by atoms with Crippen LogP contribution in [-0.2, 0) is 4.79 Å². The zero-order valence-corrected chi connectivity index (χ0v) is 18.9. The molecule has 34 heavy (non-hydrogen) atoms. The topological polar surface area (TPSA) is 66.7 Å². The molecule has 1 atom stereocenters. The van der Waals surface area contributed by atoms with Gasteiger partial charge in [0, 0.05) is 30.4 Å². The Kier molecular flexibility index (Phi) is 5.84. The van der Waals surface area contributed by atoms with E-state index in [0.717, 1.165) is 23.2 Å². The van der Waals surface area contributed by atoms with Crippen molar-refractivity contribution in [1.82, 2.24) is 14.3 Å². The minimum Gasteiger partial charge on any atom is -0.338 e. The number of hydrogen-bond donors (Lipinski definition) is 1. The Bertz CT molecular complexity index is 1350. The molecule has 5 rings (SSSR count). The van der Waals surface area contributed by atoms with E-state index in [1.165, 1.54) is 24.3 Å². The number of benzene rings is 2. The number of aromatic nitrogens is 2. The summed E-state index contributed by atoms with van der Waals surface area (Å²) >= 11 is 0. The molecule has 172 valence electrons. The fourth-order valence-electron chi connectivity index (χ4n) is 4.49. The number of carbonyl (C=O) groups is 2. The first-order chi connectivity index (χ1) is 16.5. The van der Waals surface area contributed by atoms with Gasteiger partial charge in [0.05, 0.1) is 5.92 Å². The number of amides is 2. The van der Waals surface area contributed by atoms with E-state index in [-0.39, 0.29) is 23.5 Å². The Hall–Kier alpha value is -4.00. The van der Waals surface area contributed by atoms with Gasteiger partial charge in [-0.25, -0.2) is 9.37 Å². The largest absolute Gasteiger partial charge is 0.338 e. The van der Waals surface area contributed by atoms with Crippen molar-refractivity contribution in [3.8, 4) is 11.3 Å². The number of nitrogens with one attached hydrogen (secondary N) is 1. The van der Waals surface area contributed by atoms with E-state index in [4.69, 9.17) is 4.98 Å². The molecule has 1 N–H and O–H groups in total. The van der Waals surface area contributed by atoms with E-state index in [0.29, 0.717) is 36.6 Å². The summed E-state index contributed by atoms with van der Waals surface area (Å²) in [6.45, 7) is 2.88. The van der Waals surface area contributed by atoms with Crippen LogP contribution in [0.25, 0.3) is 16.9 Å². The number of pyridine rings is 1. The predicted molar refractivity (Wildman–Crippen MR) is 129 cm³/mol. The van der Waals surface area contributed by atoms with Crippen LogP contribution in [0.1, 0.15) is 28.8 Å². The highest BCUT2D eigenvalue weighted by molar-refractivity contribution is 5.98. The summed E-state index contributed by atoms with van der Waals surface area (Å²) in [4.78, 5) is 32.8. The lowest BCUT2D eigenvalue weighted by Gasteiger charge is -2.32. The van der Waals surface area contributed by atoms with E-state index < -0.39 is 0 Å². The first-order valence-corrected chi connectivity index (χ1v) is 11.4. The Morgan fingerprint density at radius 2 is 1.79 bits per heavy atom. The highest BCUT2D eigenvalue weighted by atomic mass is 19.1. The molecule has 1 fully saturated rings. The number of nitrogens with zero attached hydrogens (tertiary/aromatic N) is 3. The molecule has 1 aliphatic heterocycles. The van der Waals surface area contributed by atoms with Crippen LogP contribution in [0.2, 0.25) is 0 Å². The van der Waals surface area contributed by atoms with Gasteiger partial charge in [0.2, 0.25) is 5.91 Å². The smallest absolute Gasteiger partial charge is 0.253 e. The second kappa shape index (κ2) is 9.09. The quantitative estimate of drug-likeness (QED) is 0.473. The van der Waals surface area contributed by atoms with Crippen LogP contribution < -0.4 is 5.32 Å². The number of halogens is 1. The standard InChI is InChI=1S/C27H25FN4O2/c1-18-7-5-16-32-24(18)29-23(19-8-3-2-4-9-19)25(32)30-26(33)21-10-6-15-31(17-21)27(34)20-11-13-22(28)14-12-20/h2-5,7-9,11-14,16,21H,6,10,15,17H2,1H3,(H,30,33). The molecule has 2 aromatic heterocycles. The molecule has 3 heterocycles. The van der Waals surface area contributed by atoms with Gasteiger partial charge < -0.3 is 10.2 Å². The van der Waals surface area contributed by atoms with E-state index in [9.17, 15) is 14.0 Å². The Labute approximate surface area is 197 Å². The van der Waals surface area contributed by atoms with Crippen molar-refractivity contribution in [2.24, 2.45) is 5.92 Å². The molecule has 0 radical (unpaired) electrons. The maximum atomic E-state index is 13.4. The van der Waals surface area contributed by atoms with Gasteiger partial charge >= 0.3 is 0 Å². The van der Waals surface area contributed by atoms with E-state index >= 15 is 0 Å². The highest BCUT2D eigenvalue weighted by Gasteiger charge is 2.30. The molecule has 4 aromatic rings. The van der Waals surface area contributed by atoms with Gasteiger partial charge in [-0.15, -0.1) is 0 Å². The number of rotatable bonds is 4. The number of imidazole rings is 1. The van der Waals surface area contributed by atoms with Crippen LogP contribution in [-0.4, -0.2) is 39.2 Å². The minimum atomic E-state index is -0.384. The van der Waals surface area contributed by atoms with Crippen LogP contribution in [0.15, 0.2) is 72.9 Å².